The first-order valence-corrected chi connectivity index (χ1v) is 5.94. The number of carbonyl (C=O) groups is 1. The second kappa shape index (κ2) is 5.39. The van der Waals surface area contributed by atoms with Crippen LogP contribution in [0.2, 0.25) is 0 Å². The first-order chi connectivity index (χ1) is 9.15. The molecule has 0 saturated heterocycles. The van der Waals surface area contributed by atoms with E-state index in [1.165, 1.54) is 0 Å². The van der Waals surface area contributed by atoms with Crippen molar-refractivity contribution in [1.29, 1.82) is 0 Å². The van der Waals surface area contributed by atoms with Gasteiger partial charge in [-0.2, -0.15) is 0 Å². The molecule has 0 spiro atoms. The van der Waals surface area contributed by atoms with Gasteiger partial charge in [-0.3, -0.25) is 9.78 Å². The van der Waals surface area contributed by atoms with Gasteiger partial charge in [-0.25, -0.2) is 0 Å². The Morgan fingerprint density at radius 2 is 2.00 bits per heavy atom. The lowest BCUT2D eigenvalue weighted by atomic mass is 10.1. The van der Waals surface area contributed by atoms with Gasteiger partial charge in [0.25, 0.3) is 5.91 Å². The number of amides is 1. The molecule has 2 rings (SSSR count). The number of nitrogens with zero attached hydrogens (tertiary/aromatic N) is 2. The summed E-state index contributed by atoms with van der Waals surface area (Å²) in [6, 6.07) is 8.23. The third-order valence-electron chi connectivity index (χ3n) is 2.83. The minimum Gasteiger partial charge on any atom is -0.505 e. The molecule has 0 aliphatic heterocycles. The number of para-hydroxylation sites is 1. The molecule has 0 aliphatic rings. The van der Waals surface area contributed by atoms with Crippen LogP contribution in [0.25, 0.3) is 0 Å². The van der Waals surface area contributed by atoms with Crippen molar-refractivity contribution >= 4 is 17.3 Å². The van der Waals surface area contributed by atoms with Crippen molar-refractivity contribution in [2.45, 2.75) is 6.92 Å². The molecule has 1 heterocycles. The molecule has 0 radical (unpaired) electrons. The Labute approximate surface area is 111 Å². The number of benzene rings is 1. The summed E-state index contributed by atoms with van der Waals surface area (Å²) in [7, 11) is 0. The van der Waals surface area contributed by atoms with E-state index in [0.717, 1.165) is 5.69 Å². The van der Waals surface area contributed by atoms with Crippen LogP contribution >= 0.6 is 0 Å². The van der Waals surface area contributed by atoms with Crippen LogP contribution in [0.3, 0.4) is 0 Å². The van der Waals surface area contributed by atoms with Crippen molar-refractivity contribution in [2.75, 3.05) is 17.2 Å². The first-order valence-electron chi connectivity index (χ1n) is 5.94. The summed E-state index contributed by atoms with van der Waals surface area (Å²) >= 11 is 0. The van der Waals surface area contributed by atoms with Crippen LogP contribution < -0.4 is 10.6 Å². The summed E-state index contributed by atoms with van der Waals surface area (Å²) in [6.45, 7) is 2.35. The van der Waals surface area contributed by atoms with Crippen molar-refractivity contribution in [3.63, 3.8) is 0 Å². The zero-order valence-corrected chi connectivity index (χ0v) is 10.6. The van der Waals surface area contributed by atoms with E-state index in [-0.39, 0.29) is 22.9 Å². The van der Waals surface area contributed by atoms with E-state index < -0.39 is 0 Å². The molecule has 98 valence electrons. The van der Waals surface area contributed by atoms with Gasteiger partial charge in [-0.05, 0) is 31.2 Å². The van der Waals surface area contributed by atoms with Crippen molar-refractivity contribution in [2.24, 2.45) is 0 Å². The molecule has 1 aromatic carbocycles. The summed E-state index contributed by atoms with van der Waals surface area (Å²) in [5, 5.41) is 9.87. The monoisotopic (exact) mass is 257 g/mol. The van der Waals surface area contributed by atoms with E-state index in [9.17, 15) is 9.90 Å². The third-order valence-corrected chi connectivity index (χ3v) is 2.83. The minimum absolute atomic E-state index is 0.181. The molecule has 0 aliphatic carbocycles. The molecule has 5 nitrogen and oxygen atoms in total. The van der Waals surface area contributed by atoms with Gasteiger partial charge in [0, 0.05) is 24.6 Å². The highest BCUT2D eigenvalue weighted by molar-refractivity contribution is 6.08. The predicted octanol–water partition coefficient (Wildman–Crippen LogP) is 2.04. The number of rotatable bonds is 3. The average Bonchev–Trinajstić information content (AvgIpc) is 2.44. The molecule has 1 aromatic heterocycles. The molecule has 5 heteroatoms. The molecular formula is C14H15N3O2. The lowest BCUT2D eigenvalue weighted by molar-refractivity contribution is 0.0986. The normalized spacial score (nSPS) is 10.2. The number of nitrogens with two attached hydrogens (primary N) is 1. The van der Waals surface area contributed by atoms with Crippen molar-refractivity contribution < 1.29 is 9.90 Å². The van der Waals surface area contributed by atoms with E-state index >= 15 is 0 Å². The Morgan fingerprint density at radius 3 is 2.63 bits per heavy atom. The standard InChI is InChI=1S/C14H15N3O2/c1-2-17(10-6-8-16-9-7-10)14(19)11-4-3-5-12(15)13(11)18/h3-9,18H,2,15H2,1H3. The van der Waals surface area contributed by atoms with E-state index in [1.54, 1.807) is 47.6 Å². The van der Waals surface area contributed by atoms with Crippen LogP contribution in [0, 0.1) is 0 Å². The number of carbonyl (C=O) groups excluding carboxylic acids is 1. The molecular weight excluding hydrogens is 242 g/mol. The second-order valence-corrected chi connectivity index (χ2v) is 4.00. The van der Waals surface area contributed by atoms with Gasteiger partial charge in [0.15, 0.2) is 5.75 Å². The topological polar surface area (TPSA) is 79.5 Å². The average molecular weight is 257 g/mol. The molecule has 0 fully saturated rings. The van der Waals surface area contributed by atoms with E-state index in [0.29, 0.717) is 6.54 Å². The van der Waals surface area contributed by atoms with Crippen LogP contribution in [0.5, 0.6) is 5.75 Å². The van der Waals surface area contributed by atoms with Gasteiger partial charge < -0.3 is 15.7 Å². The Bertz CT molecular complexity index is 584. The van der Waals surface area contributed by atoms with E-state index in [4.69, 9.17) is 5.73 Å². The zero-order chi connectivity index (χ0) is 13.8. The number of aromatic nitrogens is 1. The highest BCUT2D eigenvalue weighted by Gasteiger charge is 2.20. The third kappa shape index (κ3) is 2.49. The largest absolute Gasteiger partial charge is 0.505 e. The van der Waals surface area contributed by atoms with Gasteiger partial charge in [-0.1, -0.05) is 6.07 Å². The van der Waals surface area contributed by atoms with Crippen LogP contribution in [0.4, 0.5) is 11.4 Å². The van der Waals surface area contributed by atoms with Gasteiger partial charge in [0.2, 0.25) is 0 Å². The molecule has 2 aromatic rings. The Kier molecular flexibility index (Phi) is 3.66. The summed E-state index contributed by atoms with van der Waals surface area (Å²) < 4.78 is 0. The van der Waals surface area contributed by atoms with Gasteiger partial charge >= 0.3 is 0 Å². The molecule has 0 atom stereocenters. The fourth-order valence-corrected chi connectivity index (χ4v) is 1.85. The van der Waals surface area contributed by atoms with E-state index in [1.807, 2.05) is 6.92 Å². The van der Waals surface area contributed by atoms with Crippen LogP contribution in [0.15, 0.2) is 42.7 Å². The van der Waals surface area contributed by atoms with Crippen molar-refractivity contribution in [3.05, 3.63) is 48.3 Å². The fraction of sp³-hybridized carbons (Fsp3) is 0.143. The maximum Gasteiger partial charge on any atom is 0.262 e. The number of pyridine rings is 1. The molecule has 3 N–H and O–H groups in total. The Balaban J connectivity index is 2.39. The smallest absolute Gasteiger partial charge is 0.262 e. The highest BCUT2D eigenvalue weighted by Crippen LogP contribution is 2.27. The molecule has 0 bridgehead atoms. The quantitative estimate of drug-likeness (QED) is 0.651. The lowest BCUT2D eigenvalue weighted by Gasteiger charge is -2.21. The van der Waals surface area contributed by atoms with E-state index in [2.05, 4.69) is 4.98 Å². The molecule has 0 saturated carbocycles. The summed E-state index contributed by atoms with van der Waals surface area (Å²) in [5.41, 5.74) is 6.72. The summed E-state index contributed by atoms with van der Waals surface area (Å²) in [4.78, 5) is 17.9. The minimum atomic E-state index is -0.293. The Hall–Kier alpha value is -2.56. The number of phenolic OH excluding ortho intramolecular Hbond substituents is 1. The van der Waals surface area contributed by atoms with Crippen LogP contribution in [-0.4, -0.2) is 22.5 Å². The maximum atomic E-state index is 12.4. The maximum absolute atomic E-state index is 12.4. The summed E-state index contributed by atoms with van der Waals surface area (Å²) in [5.74, 6) is -0.474. The number of aromatic hydroxyl groups is 1. The predicted molar refractivity (Wildman–Crippen MR) is 74.1 cm³/mol. The number of phenols is 1. The summed E-state index contributed by atoms with van der Waals surface area (Å²) in [6.07, 6.45) is 3.23. The number of anilines is 2. The van der Waals surface area contributed by atoms with Crippen LogP contribution in [0.1, 0.15) is 17.3 Å². The van der Waals surface area contributed by atoms with Gasteiger partial charge in [0.05, 0.1) is 11.3 Å². The zero-order valence-electron chi connectivity index (χ0n) is 10.6. The number of hydrogen-bond donors (Lipinski definition) is 2. The molecule has 19 heavy (non-hydrogen) atoms. The van der Waals surface area contributed by atoms with Crippen molar-refractivity contribution in [3.8, 4) is 5.75 Å². The van der Waals surface area contributed by atoms with Crippen molar-refractivity contribution in [1.82, 2.24) is 4.98 Å². The highest BCUT2D eigenvalue weighted by atomic mass is 16.3. The first kappa shape index (κ1) is 12.9. The number of hydrogen-bond acceptors (Lipinski definition) is 4. The fourth-order valence-electron chi connectivity index (χ4n) is 1.85. The second-order valence-electron chi connectivity index (χ2n) is 4.00. The molecule has 1 amide bonds. The van der Waals surface area contributed by atoms with Gasteiger partial charge in [0.1, 0.15) is 0 Å². The Morgan fingerprint density at radius 1 is 1.32 bits per heavy atom. The number of nitrogen functional groups attached to an aromatic ring is 1. The lowest BCUT2D eigenvalue weighted by Crippen LogP contribution is -2.30. The van der Waals surface area contributed by atoms with Gasteiger partial charge in [-0.15, -0.1) is 0 Å². The SMILES string of the molecule is CCN(C(=O)c1cccc(N)c1O)c1ccncc1. The van der Waals surface area contributed by atoms with Crippen LogP contribution in [-0.2, 0) is 0 Å². The molecule has 0 unspecified atom stereocenters.